The molecule has 3 rings (SSSR count). The number of nitrogens with one attached hydrogen (secondary N) is 1. The van der Waals surface area contributed by atoms with Crippen molar-refractivity contribution >= 4 is 11.6 Å². The number of hydrogen-bond acceptors (Lipinski definition) is 3. The van der Waals surface area contributed by atoms with E-state index in [-0.39, 0.29) is 6.04 Å². The second-order valence-corrected chi connectivity index (χ2v) is 6.11. The molecular weight excluding hydrogens is 262 g/mol. The molecule has 1 aromatic rings. The van der Waals surface area contributed by atoms with Gasteiger partial charge in [0.15, 0.2) is 0 Å². The van der Waals surface area contributed by atoms with Gasteiger partial charge in [0, 0.05) is 13.0 Å². The summed E-state index contributed by atoms with van der Waals surface area (Å²) in [6.07, 6.45) is 7.28. The zero-order valence-electron chi connectivity index (χ0n) is 11.6. The molecule has 0 aliphatic carbocycles. The van der Waals surface area contributed by atoms with Crippen LogP contribution >= 0.6 is 11.6 Å². The Kier molecular flexibility index (Phi) is 3.83. The Balaban J connectivity index is 1.85. The Morgan fingerprint density at radius 3 is 2.95 bits per heavy atom. The summed E-state index contributed by atoms with van der Waals surface area (Å²) in [6.45, 7) is 3.19. The van der Waals surface area contributed by atoms with Gasteiger partial charge in [-0.1, -0.05) is 18.5 Å². The van der Waals surface area contributed by atoms with Crippen LogP contribution in [0.3, 0.4) is 0 Å². The van der Waals surface area contributed by atoms with E-state index >= 15 is 0 Å². The number of fused-ring (bicyclic) bond motifs is 2. The van der Waals surface area contributed by atoms with Crippen LogP contribution in [0.5, 0.6) is 0 Å². The van der Waals surface area contributed by atoms with Gasteiger partial charge in [-0.3, -0.25) is 4.68 Å². The lowest BCUT2D eigenvalue weighted by molar-refractivity contribution is 0.0850. The van der Waals surface area contributed by atoms with Crippen molar-refractivity contribution < 1.29 is 4.74 Å². The van der Waals surface area contributed by atoms with Crippen molar-refractivity contribution in [3.63, 3.8) is 0 Å². The molecule has 2 fully saturated rings. The molecule has 2 aliphatic heterocycles. The van der Waals surface area contributed by atoms with Crippen LogP contribution in [0, 0.1) is 5.92 Å². The molecule has 0 amide bonds. The molecule has 106 valence electrons. The molecule has 2 saturated heterocycles. The lowest BCUT2D eigenvalue weighted by Crippen LogP contribution is -2.35. The molecule has 19 heavy (non-hydrogen) atoms. The van der Waals surface area contributed by atoms with Gasteiger partial charge < -0.3 is 10.1 Å². The Hall–Kier alpha value is -0.580. The fraction of sp³-hybridized carbons (Fsp3) is 0.786. The molecule has 0 spiro atoms. The number of nitrogens with zero attached hydrogens (tertiary/aromatic N) is 2. The van der Waals surface area contributed by atoms with Crippen LogP contribution in [-0.4, -0.2) is 28.5 Å². The summed E-state index contributed by atoms with van der Waals surface area (Å²) in [5, 5.41) is 8.70. The van der Waals surface area contributed by atoms with Gasteiger partial charge in [0.1, 0.15) is 0 Å². The van der Waals surface area contributed by atoms with Crippen molar-refractivity contribution in [3.05, 3.63) is 16.9 Å². The summed E-state index contributed by atoms with van der Waals surface area (Å²) in [4.78, 5) is 0. The topological polar surface area (TPSA) is 39.1 Å². The second kappa shape index (κ2) is 5.43. The van der Waals surface area contributed by atoms with Crippen molar-refractivity contribution in [2.24, 2.45) is 13.0 Å². The third-order valence-corrected chi connectivity index (χ3v) is 4.72. The largest absolute Gasteiger partial charge is 0.375 e. The van der Waals surface area contributed by atoms with Crippen LogP contribution in [0.15, 0.2) is 6.20 Å². The minimum absolute atomic E-state index is 0.259. The predicted octanol–water partition coefficient (Wildman–Crippen LogP) is 2.68. The van der Waals surface area contributed by atoms with Crippen molar-refractivity contribution in [1.29, 1.82) is 0 Å². The quantitative estimate of drug-likeness (QED) is 0.903. The van der Waals surface area contributed by atoms with E-state index in [1.165, 1.54) is 12.8 Å². The number of rotatable bonds is 5. The molecule has 5 heteroatoms. The molecule has 1 N–H and O–H groups in total. The third-order valence-electron chi connectivity index (χ3n) is 4.43. The molecule has 2 aliphatic rings. The molecule has 4 unspecified atom stereocenters. The lowest BCUT2D eigenvalue weighted by Gasteiger charge is -2.29. The maximum absolute atomic E-state index is 6.34. The lowest BCUT2D eigenvalue weighted by atomic mass is 9.82. The highest BCUT2D eigenvalue weighted by molar-refractivity contribution is 6.31. The Morgan fingerprint density at radius 1 is 1.58 bits per heavy atom. The second-order valence-electron chi connectivity index (χ2n) is 5.71. The van der Waals surface area contributed by atoms with E-state index in [1.54, 1.807) is 6.20 Å². The maximum Gasteiger partial charge on any atom is 0.0834 e. The Morgan fingerprint density at radius 2 is 2.42 bits per heavy atom. The first-order valence-electron chi connectivity index (χ1n) is 7.27. The van der Waals surface area contributed by atoms with E-state index < -0.39 is 0 Å². The molecule has 3 heterocycles. The molecule has 2 bridgehead atoms. The summed E-state index contributed by atoms with van der Waals surface area (Å²) in [5.74, 6) is 0.526. The zero-order valence-corrected chi connectivity index (χ0v) is 12.4. The van der Waals surface area contributed by atoms with Crippen LogP contribution in [0.2, 0.25) is 5.02 Å². The molecule has 0 radical (unpaired) electrons. The van der Waals surface area contributed by atoms with Gasteiger partial charge in [-0.2, -0.15) is 5.10 Å². The van der Waals surface area contributed by atoms with Crippen molar-refractivity contribution in [1.82, 2.24) is 15.1 Å². The molecule has 1 aromatic heterocycles. The van der Waals surface area contributed by atoms with E-state index in [9.17, 15) is 0 Å². The van der Waals surface area contributed by atoms with Gasteiger partial charge in [-0.15, -0.1) is 0 Å². The van der Waals surface area contributed by atoms with E-state index in [0.717, 1.165) is 30.1 Å². The van der Waals surface area contributed by atoms with Crippen molar-refractivity contribution in [2.75, 3.05) is 6.54 Å². The molecule has 4 nitrogen and oxygen atoms in total. The summed E-state index contributed by atoms with van der Waals surface area (Å²) >= 11 is 6.34. The number of aromatic nitrogens is 2. The molecule has 0 aromatic carbocycles. The summed E-state index contributed by atoms with van der Waals surface area (Å²) < 4.78 is 7.92. The van der Waals surface area contributed by atoms with Crippen LogP contribution < -0.4 is 5.32 Å². The average molecular weight is 284 g/mol. The monoisotopic (exact) mass is 283 g/mol. The van der Waals surface area contributed by atoms with Crippen LogP contribution in [-0.2, 0) is 11.8 Å². The number of hydrogen-bond donors (Lipinski definition) is 1. The Bertz CT molecular complexity index is 428. The van der Waals surface area contributed by atoms with Gasteiger partial charge in [0.25, 0.3) is 0 Å². The minimum Gasteiger partial charge on any atom is -0.375 e. The van der Waals surface area contributed by atoms with E-state index in [4.69, 9.17) is 16.3 Å². The maximum atomic E-state index is 6.34. The van der Waals surface area contributed by atoms with Crippen molar-refractivity contribution in [2.45, 2.75) is 50.9 Å². The van der Waals surface area contributed by atoms with Gasteiger partial charge >= 0.3 is 0 Å². The smallest absolute Gasteiger partial charge is 0.0834 e. The normalized spacial score (nSPS) is 31.0. The zero-order chi connectivity index (χ0) is 13.4. The van der Waals surface area contributed by atoms with Crippen LogP contribution in [0.1, 0.15) is 44.3 Å². The van der Waals surface area contributed by atoms with Gasteiger partial charge in [0.2, 0.25) is 0 Å². The van der Waals surface area contributed by atoms with E-state index in [1.807, 2.05) is 11.7 Å². The van der Waals surface area contributed by atoms with E-state index in [2.05, 4.69) is 17.3 Å². The first-order chi connectivity index (χ1) is 9.20. The Labute approximate surface area is 119 Å². The number of aryl methyl sites for hydroxylation is 1. The molecule has 0 saturated carbocycles. The highest BCUT2D eigenvalue weighted by Gasteiger charge is 2.45. The highest BCUT2D eigenvalue weighted by atomic mass is 35.5. The average Bonchev–Trinajstić information content (AvgIpc) is 3.09. The van der Waals surface area contributed by atoms with Gasteiger partial charge in [-0.25, -0.2) is 0 Å². The number of ether oxygens (including phenoxy) is 1. The van der Waals surface area contributed by atoms with Crippen LogP contribution in [0.25, 0.3) is 0 Å². The summed E-state index contributed by atoms with van der Waals surface area (Å²) in [5.41, 5.74) is 1.11. The van der Waals surface area contributed by atoms with Gasteiger partial charge in [-0.05, 0) is 32.2 Å². The highest BCUT2D eigenvalue weighted by Crippen LogP contribution is 2.45. The predicted molar refractivity (Wildman–Crippen MR) is 75.3 cm³/mol. The summed E-state index contributed by atoms with van der Waals surface area (Å²) in [6, 6.07) is 0.259. The fourth-order valence-electron chi connectivity index (χ4n) is 3.55. The number of halogens is 1. The summed E-state index contributed by atoms with van der Waals surface area (Å²) in [7, 11) is 1.97. The van der Waals surface area contributed by atoms with Crippen LogP contribution in [0.4, 0.5) is 0 Å². The fourth-order valence-corrected chi connectivity index (χ4v) is 3.83. The molecular formula is C14H22ClN3O. The standard InChI is InChI=1S/C14H22ClN3O/c1-3-6-16-13(14-11(15)8-17-18(14)2)10-7-9-4-5-12(10)19-9/h8-10,12-13,16H,3-7H2,1-2H3. The molecule has 4 atom stereocenters. The minimum atomic E-state index is 0.259. The van der Waals surface area contributed by atoms with E-state index in [0.29, 0.717) is 18.1 Å². The first kappa shape index (κ1) is 13.4. The SMILES string of the molecule is CCCNC(c1c(Cl)cnn1C)C1CC2CCC1O2. The first-order valence-corrected chi connectivity index (χ1v) is 7.64. The van der Waals surface area contributed by atoms with Gasteiger partial charge in [0.05, 0.1) is 35.2 Å². The third kappa shape index (κ3) is 2.41. The van der Waals surface area contributed by atoms with Crippen molar-refractivity contribution in [3.8, 4) is 0 Å².